The highest BCUT2D eigenvalue weighted by molar-refractivity contribution is 5.96. The number of fused-ring (bicyclic) bond motifs is 1. The number of carbonyl (C=O) groups is 2. The molecule has 0 aliphatic rings. The summed E-state index contributed by atoms with van der Waals surface area (Å²) in [7, 11) is 0. The molecular formula is C19H15FN2O2. The van der Waals surface area contributed by atoms with Gasteiger partial charge in [0.2, 0.25) is 0 Å². The molecule has 120 valence electrons. The summed E-state index contributed by atoms with van der Waals surface area (Å²) >= 11 is 0. The number of primary amides is 1. The molecule has 0 bridgehead atoms. The first-order valence-corrected chi connectivity index (χ1v) is 7.48. The van der Waals surface area contributed by atoms with Gasteiger partial charge in [0.15, 0.2) is 0 Å². The molecule has 3 aromatic rings. The zero-order valence-electron chi connectivity index (χ0n) is 12.8. The van der Waals surface area contributed by atoms with Crippen LogP contribution < -0.4 is 5.73 Å². The van der Waals surface area contributed by atoms with Gasteiger partial charge in [-0.3, -0.25) is 4.79 Å². The van der Waals surface area contributed by atoms with Crippen LogP contribution in [0, 0.1) is 5.82 Å². The van der Waals surface area contributed by atoms with Gasteiger partial charge in [-0.1, -0.05) is 36.4 Å². The summed E-state index contributed by atoms with van der Waals surface area (Å²) in [4.78, 5) is 27.7. The zero-order chi connectivity index (χ0) is 17.1. The highest BCUT2D eigenvalue weighted by Crippen LogP contribution is 2.26. The lowest BCUT2D eigenvalue weighted by molar-refractivity contribution is -0.109. The summed E-state index contributed by atoms with van der Waals surface area (Å²) in [6.07, 6.45) is 0.834. The van der Waals surface area contributed by atoms with Gasteiger partial charge in [0, 0.05) is 11.3 Å². The number of aldehydes is 1. The summed E-state index contributed by atoms with van der Waals surface area (Å²) in [6, 6.07) is 15.2. The van der Waals surface area contributed by atoms with Crippen LogP contribution in [-0.4, -0.2) is 17.2 Å². The highest BCUT2D eigenvalue weighted by atomic mass is 19.1. The van der Waals surface area contributed by atoms with Crippen molar-refractivity contribution in [2.75, 3.05) is 0 Å². The number of pyridine rings is 1. The van der Waals surface area contributed by atoms with E-state index in [2.05, 4.69) is 4.98 Å². The molecule has 0 aliphatic carbocycles. The fraction of sp³-hybridized carbons (Fsp3) is 0.105. The number of para-hydroxylation sites is 1. The van der Waals surface area contributed by atoms with Crippen molar-refractivity contribution in [3.8, 4) is 0 Å². The van der Waals surface area contributed by atoms with Crippen LogP contribution in [0.15, 0.2) is 54.6 Å². The Kier molecular flexibility index (Phi) is 4.33. The van der Waals surface area contributed by atoms with Gasteiger partial charge < -0.3 is 10.5 Å². The Hall–Kier alpha value is -3.08. The molecule has 24 heavy (non-hydrogen) atoms. The summed E-state index contributed by atoms with van der Waals surface area (Å²) in [5.74, 6) is -1.81. The number of carbonyl (C=O) groups excluding carboxylic acids is 2. The smallest absolute Gasteiger partial charge is 0.267 e. The number of amides is 1. The number of halogens is 1. The molecule has 0 spiro atoms. The van der Waals surface area contributed by atoms with E-state index < -0.39 is 17.6 Å². The molecular weight excluding hydrogens is 307 g/mol. The van der Waals surface area contributed by atoms with Crippen molar-refractivity contribution >= 4 is 23.1 Å². The van der Waals surface area contributed by atoms with Crippen molar-refractivity contribution < 1.29 is 14.0 Å². The van der Waals surface area contributed by atoms with Gasteiger partial charge in [0.05, 0.1) is 5.52 Å². The van der Waals surface area contributed by atoms with Crippen LogP contribution in [-0.2, 0) is 11.2 Å². The fourth-order valence-electron chi connectivity index (χ4n) is 2.74. The second-order valence-electron chi connectivity index (χ2n) is 5.52. The van der Waals surface area contributed by atoms with E-state index >= 15 is 0 Å². The Balaban J connectivity index is 2.11. The quantitative estimate of drug-likeness (QED) is 0.734. The minimum absolute atomic E-state index is 0.0436. The van der Waals surface area contributed by atoms with E-state index in [9.17, 15) is 14.0 Å². The summed E-state index contributed by atoms with van der Waals surface area (Å²) in [5.41, 5.74) is 6.91. The summed E-state index contributed by atoms with van der Waals surface area (Å²) < 4.78 is 13.9. The summed E-state index contributed by atoms with van der Waals surface area (Å²) in [5, 5.41) is 0.790. The highest BCUT2D eigenvalue weighted by Gasteiger charge is 2.21. The zero-order valence-corrected chi connectivity index (χ0v) is 12.8. The first kappa shape index (κ1) is 15.8. The molecule has 2 aromatic carbocycles. The maximum Gasteiger partial charge on any atom is 0.267 e. The van der Waals surface area contributed by atoms with Crippen molar-refractivity contribution in [2.45, 2.75) is 12.3 Å². The molecule has 1 heterocycles. The van der Waals surface area contributed by atoms with E-state index in [1.807, 2.05) is 12.1 Å². The molecule has 1 unspecified atom stereocenters. The van der Waals surface area contributed by atoms with E-state index in [1.54, 1.807) is 36.4 Å². The molecule has 1 amide bonds. The third kappa shape index (κ3) is 3.01. The Bertz CT molecular complexity index is 924. The predicted molar refractivity (Wildman–Crippen MR) is 89.2 cm³/mol. The molecule has 3 rings (SSSR count). The van der Waals surface area contributed by atoms with Gasteiger partial charge in [-0.05, 0) is 35.7 Å². The van der Waals surface area contributed by atoms with Crippen LogP contribution in [0.5, 0.6) is 0 Å². The predicted octanol–water partition coefficient (Wildman–Crippen LogP) is 3.00. The Morgan fingerprint density at radius 2 is 1.88 bits per heavy atom. The summed E-state index contributed by atoms with van der Waals surface area (Å²) in [6.45, 7) is 0. The molecule has 4 nitrogen and oxygen atoms in total. The van der Waals surface area contributed by atoms with Crippen molar-refractivity contribution in [2.24, 2.45) is 5.73 Å². The maximum atomic E-state index is 13.9. The lowest BCUT2D eigenvalue weighted by Crippen LogP contribution is -2.19. The molecule has 5 heteroatoms. The molecule has 1 atom stereocenters. The van der Waals surface area contributed by atoms with Crippen LogP contribution in [0.4, 0.5) is 4.39 Å². The molecule has 1 aromatic heterocycles. The minimum Gasteiger partial charge on any atom is -0.364 e. The van der Waals surface area contributed by atoms with E-state index in [-0.39, 0.29) is 12.1 Å². The van der Waals surface area contributed by atoms with E-state index in [0.717, 1.165) is 5.39 Å². The number of hydrogen-bond donors (Lipinski definition) is 1. The van der Waals surface area contributed by atoms with Crippen molar-refractivity contribution in [3.05, 3.63) is 77.2 Å². The molecule has 2 N–H and O–H groups in total. The number of aromatic nitrogens is 1. The topological polar surface area (TPSA) is 73.1 Å². The molecule has 0 radical (unpaired) electrons. The first-order valence-electron chi connectivity index (χ1n) is 7.48. The lowest BCUT2D eigenvalue weighted by atomic mass is 9.90. The van der Waals surface area contributed by atoms with Gasteiger partial charge in [-0.2, -0.15) is 0 Å². The van der Waals surface area contributed by atoms with E-state index in [0.29, 0.717) is 22.9 Å². The average molecular weight is 322 g/mol. The SMILES string of the molecule is NC(=O)c1nc2ccccc2cc1C(C=O)Cc1ccccc1F. The Morgan fingerprint density at radius 1 is 1.17 bits per heavy atom. The third-order valence-corrected chi connectivity index (χ3v) is 3.95. The molecule has 0 saturated carbocycles. The van der Waals surface area contributed by atoms with Crippen LogP contribution in [0.2, 0.25) is 0 Å². The third-order valence-electron chi connectivity index (χ3n) is 3.95. The molecule has 0 saturated heterocycles. The first-order chi connectivity index (χ1) is 11.6. The number of nitrogens with two attached hydrogens (primary N) is 1. The molecule has 0 aliphatic heterocycles. The van der Waals surface area contributed by atoms with E-state index in [1.165, 1.54) is 6.07 Å². The minimum atomic E-state index is -0.712. The van der Waals surface area contributed by atoms with Gasteiger partial charge in [-0.15, -0.1) is 0 Å². The number of nitrogens with zero attached hydrogens (tertiary/aromatic N) is 1. The average Bonchev–Trinajstić information content (AvgIpc) is 2.60. The Labute approximate surface area is 138 Å². The second-order valence-corrected chi connectivity index (χ2v) is 5.52. The maximum absolute atomic E-state index is 13.9. The van der Waals surface area contributed by atoms with Crippen LogP contribution >= 0.6 is 0 Å². The van der Waals surface area contributed by atoms with Gasteiger partial charge >= 0.3 is 0 Å². The number of rotatable bonds is 5. The normalized spacial score (nSPS) is 12.0. The standard InChI is InChI=1S/C19H15FN2O2/c20-16-7-3-1-5-12(16)9-14(11-23)15-10-13-6-2-4-8-17(13)22-18(15)19(21)24/h1-8,10-11,14H,9H2,(H2,21,24). The fourth-order valence-corrected chi connectivity index (χ4v) is 2.74. The Morgan fingerprint density at radius 3 is 2.58 bits per heavy atom. The van der Waals surface area contributed by atoms with Crippen LogP contribution in [0.1, 0.15) is 27.5 Å². The van der Waals surface area contributed by atoms with Crippen molar-refractivity contribution in [1.29, 1.82) is 0 Å². The van der Waals surface area contributed by atoms with Gasteiger partial charge in [0.25, 0.3) is 5.91 Å². The van der Waals surface area contributed by atoms with Gasteiger partial charge in [0.1, 0.15) is 17.8 Å². The molecule has 0 fully saturated rings. The second kappa shape index (κ2) is 6.58. The largest absolute Gasteiger partial charge is 0.364 e. The van der Waals surface area contributed by atoms with Crippen LogP contribution in [0.25, 0.3) is 10.9 Å². The van der Waals surface area contributed by atoms with Gasteiger partial charge in [-0.25, -0.2) is 9.37 Å². The van der Waals surface area contributed by atoms with E-state index in [4.69, 9.17) is 5.73 Å². The van der Waals surface area contributed by atoms with Crippen molar-refractivity contribution in [1.82, 2.24) is 4.98 Å². The van der Waals surface area contributed by atoms with Crippen LogP contribution in [0.3, 0.4) is 0 Å². The monoisotopic (exact) mass is 322 g/mol. The van der Waals surface area contributed by atoms with Crippen molar-refractivity contribution in [3.63, 3.8) is 0 Å². The lowest BCUT2D eigenvalue weighted by Gasteiger charge is -2.15. The number of hydrogen-bond acceptors (Lipinski definition) is 3. The number of benzene rings is 2.